The van der Waals surface area contributed by atoms with Crippen LogP contribution in [0.1, 0.15) is 0 Å². The van der Waals surface area contributed by atoms with E-state index in [1.807, 2.05) is 12.1 Å². The molecule has 0 amide bonds. The minimum atomic E-state index is 0.911. The molecule has 0 atom stereocenters. The van der Waals surface area contributed by atoms with Crippen LogP contribution in [0.15, 0.2) is 235 Å². The molecule has 12 aromatic rings. The quantitative estimate of drug-likeness (QED) is 0.161. The van der Waals surface area contributed by atoms with Crippen LogP contribution < -0.4 is 4.90 Å². The first kappa shape index (κ1) is 34.9. The highest BCUT2D eigenvalue weighted by atomic mass is 16.3. The molecular formula is C58H38N2O. The molecule has 2 heterocycles. The molecule has 0 unspecified atom stereocenters. The van der Waals surface area contributed by atoms with Crippen molar-refractivity contribution in [3.63, 3.8) is 0 Å². The van der Waals surface area contributed by atoms with Gasteiger partial charge in [0.1, 0.15) is 11.2 Å². The molecule has 10 aromatic carbocycles. The second-order valence-corrected chi connectivity index (χ2v) is 15.7. The highest BCUT2D eigenvalue weighted by Gasteiger charge is 2.17. The van der Waals surface area contributed by atoms with Crippen molar-refractivity contribution in [2.45, 2.75) is 0 Å². The largest absolute Gasteiger partial charge is 0.456 e. The Morgan fingerprint density at radius 2 is 0.852 bits per heavy atom. The molecular weight excluding hydrogens is 741 g/mol. The van der Waals surface area contributed by atoms with Crippen molar-refractivity contribution in [2.75, 3.05) is 4.90 Å². The molecule has 0 radical (unpaired) electrons. The SMILES string of the molecule is c1cc(-c2ccc(N(c3ccc(-c4ccc(-c5cccc6oc7ccccc7c56)cc4)cc3)c3ccc4ccccc4c3)cc2)cc(-n2c3ccccc3c3ccccc32)c1. The normalized spacial score (nSPS) is 11.6. The van der Waals surface area contributed by atoms with E-state index in [1.54, 1.807) is 0 Å². The van der Waals surface area contributed by atoms with E-state index >= 15 is 0 Å². The van der Waals surface area contributed by atoms with Gasteiger partial charge in [0, 0.05) is 44.3 Å². The van der Waals surface area contributed by atoms with Crippen LogP contribution in [-0.2, 0) is 0 Å². The van der Waals surface area contributed by atoms with Crippen LogP contribution in [-0.4, -0.2) is 4.57 Å². The molecule has 286 valence electrons. The molecule has 0 aliphatic carbocycles. The molecule has 0 aliphatic heterocycles. The van der Waals surface area contributed by atoms with Gasteiger partial charge in [0.2, 0.25) is 0 Å². The lowest BCUT2D eigenvalue weighted by atomic mass is 9.97. The summed E-state index contributed by atoms with van der Waals surface area (Å²) in [4.78, 5) is 2.35. The Hall–Kier alpha value is -8.14. The van der Waals surface area contributed by atoms with E-state index in [2.05, 4.69) is 228 Å². The Labute approximate surface area is 353 Å². The summed E-state index contributed by atoms with van der Waals surface area (Å²) < 4.78 is 8.56. The number of nitrogens with zero attached hydrogens (tertiary/aromatic N) is 2. The lowest BCUT2D eigenvalue weighted by Gasteiger charge is -2.26. The molecule has 0 aliphatic rings. The maximum absolute atomic E-state index is 6.18. The fraction of sp³-hybridized carbons (Fsp3) is 0. The number of fused-ring (bicyclic) bond motifs is 7. The van der Waals surface area contributed by atoms with Crippen LogP contribution >= 0.6 is 0 Å². The Morgan fingerprint density at radius 3 is 1.56 bits per heavy atom. The number of benzene rings is 10. The van der Waals surface area contributed by atoms with Gasteiger partial charge in [-0.25, -0.2) is 0 Å². The van der Waals surface area contributed by atoms with Gasteiger partial charge in [0.15, 0.2) is 0 Å². The van der Waals surface area contributed by atoms with Crippen molar-refractivity contribution < 1.29 is 4.42 Å². The average Bonchev–Trinajstić information content (AvgIpc) is 3.88. The number of anilines is 3. The number of furan rings is 1. The van der Waals surface area contributed by atoms with Crippen molar-refractivity contribution in [1.29, 1.82) is 0 Å². The first-order valence-electron chi connectivity index (χ1n) is 20.8. The summed E-state index contributed by atoms with van der Waals surface area (Å²) in [5.41, 5.74) is 15.7. The molecule has 0 saturated heterocycles. The van der Waals surface area contributed by atoms with Crippen molar-refractivity contribution in [3.8, 4) is 39.1 Å². The fourth-order valence-electron chi connectivity index (χ4n) is 9.25. The lowest BCUT2D eigenvalue weighted by molar-refractivity contribution is 0.669. The summed E-state index contributed by atoms with van der Waals surface area (Å²) in [5.74, 6) is 0. The van der Waals surface area contributed by atoms with E-state index in [4.69, 9.17) is 4.42 Å². The molecule has 2 aromatic heterocycles. The van der Waals surface area contributed by atoms with Gasteiger partial charge in [-0.1, -0.05) is 158 Å². The van der Waals surface area contributed by atoms with E-state index < -0.39 is 0 Å². The Kier molecular flexibility index (Phi) is 8.17. The predicted molar refractivity (Wildman–Crippen MR) is 257 cm³/mol. The van der Waals surface area contributed by atoms with Gasteiger partial charge in [-0.05, 0) is 117 Å². The third-order valence-corrected chi connectivity index (χ3v) is 12.2. The van der Waals surface area contributed by atoms with Gasteiger partial charge < -0.3 is 13.9 Å². The van der Waals surface area contributed by atoms with E-state index in [1.165, 1.54) is 66.0 Å². The van der Waals surface area contributed by atoms with E-state index in [0.29, 0.717) is 0 Å². The summed E-state index contributed by atoms with van der Waals surface area (Å²) in [6.45, 7) is 0. The van der Waals surface area contributed by atoms with Crippen LogP contribution in [0.2, 0.25) is 0 Å². The third-order valence-electron chi connectivity index (χ3n) is 12.2. The van der Waals surface area contributed by atoms with Crippen LogP contribution in [0.25, 0.3) is 93.6 Å². The zero-order chi connectivity index (χ0) is 40.3. The summed E-state index contributed by atoms with van der Waals surface area (Å²) in [7, 11) is 0. The highest BCUT2D eigenvalue weighted by Crippen LogP contribution is 2.40. The van der Waals surface area contributed by atoms with Crippen molar-refractivity contribution in [2.24, 2.45) is 0 Å². The Morgan fingerprint density at radius 1 is 0.328 bits per heavy atom. The topological polar surface area (TPSA) is 21.3 Å². The lowest BCUT2D eigenvalue weighted by Crippen LogP contribution is -2.09. The zero-order valence-corrected chi connectivity index (χ0v) is 33.2. The van der Waals surface area contributed by atoms with E-state index in [9.17, 15) is 0 Å². The van der Waals surface area contributed by atoms with Crippen LogP contribution in [0.4, 0.5) is 17.1 Å². The minimum absolute atomic E-state index is 0.911. The standard InChI is InChI=1S/C58H38N2O/c1-2-12-44-38-49(36-31-39(44)11-1)59(46-32-27-41(28-33-46)40-23-25-43(26-24-40)50-18-10-22-57-58(50)53-17-5-8-21-56(53)61-57)47-34-29-42(30-35-47)45-13-9-14-48(37-45)60-54-19-6-3-15-51(54)52-16-4-7-20-55(52)60/h1-38H. The Balaban J connectivity index is 0.886. The molecule has 0 fully saturated rings. The smallest absolute Gasteiger partial charge is 0.136 e. The zero-order valence-electron chi connectivity index (χ0n) is 33.2. The number of hydrogen-bond donors (Lipinski definition) is 0. The molecule has 3 nitrogen and oxygen atoms in total. The van der Waals surface area contributed by atoms with Crippen molar-refractivity contribution >= 4 is 71.6 Å². The maximum atomic E-state index is 6.18. The monoisotopic (exact) mass is 778 g/mol. The van der Waals surface area contributed by atoms with E-state index in [0.717, 1.165) is 44.7 Å². The second-order valence-electron chi connectivity index (χ2n) is 15.7. The number of hydrogen-bond acceptors (Lipinski definition) is 2. The first-order chi connectivity index (χ1) is 30.2. The molecule has 61 heavy (non-hydrogen) atoms. The summed E-state index contributed by atoms with van der Waals surface area (Å²) >= 11 is 0. The molecule has 0 N–H and O–H groups in total. The molecule has 3 heteroatoms. The summed E-state index contributed by atoms with van der Waals surface area (Å²) in [6, 6.07) is 82.9. The van der Waals surface area contributed by atoms with Gasteiger partial charge in [0.25, 0.3) is 0 Å². The summed E-state index contributed by atoms with van der Waals surface area (Å²) in [5, 5.41) is 7.26. The van der Waals surface area contributed by atoms with Gasteiger partial charge in [0.05, 0.1) is 11.0 Å². The predicted octanol–water partition coefficient (Wildman–Crippen LogP) is 16.3. The molecule has 0 saturated carbocycles. The maximum Gasteiger partial charge on any atom is 0.136 e. The second kappa shape index (κ2) is 14.3. The van der Waals surface area contributed by atoms with E-state index in [-0.39, 0.29) is 0 Å². The fourth-order valence-corrected chi connectivity index (χ4v) is 9.25. The number of aromatic nitrogens is 1. The Bertz CT molecular complexity index is 3520. The van der Waals surface area contributed by atoms with Gasteiger partial charge in [-0.3, -0.25) is 0 Å². The molecule has 12 rings (SSSR count). The molecule has 0 bridgehead atoms. The van der Waals surface area contributed by atoms with Crippen LogP contribution in [0, 0.1) is 0 Å². The average molecular weight is 779 g/mol. The van der Waals surface area contributed by atoms with Crippen molar-refractivity contribution in [1.82, 2.24) is 4.57 Å². The van der Waals surface area contributed by atoms with Crippen LogP contribution in [0.5, 0.6) is 0 Å². The highest BCUT2D eigenvalue weighted by molar-refractivity contribution is 6.12. The van der Waals surface area contributed by atoms with Gasteiger partial charge >= 0.3 is 0 Å². The number of para-hydroxylation sites is 3. The minimum Gasteiger partial charge on any atom is -0.456 e. The van der Waals surface area contributed by atoms with Gasteiger partial charge in [-0.2, -0.15) is 0 Å². The summed E-state index contributed by atoms with van der Waals surface area (Å²) in [6.07, 6.45) is 0. The first-order valence-corrected chi connectivity index (χ1v) is 20.8. The number of rotatable bonds is 7. The third kappa shape index (κ3) is 5.98. The van der Waals surface area contributed by atoms with Crippen LogP contribution in [0.3, 0.4) is 0 Å². The van der Waals surface area contributed by atoms with Gasteiger partial charge in [-0.15, -0.1) is 0 Å². The van der Waals surface area contributed by atoms with Crippen molar-refractivity contribution in [3.05, 3.63) is 231 Å². The molecule has 0 spiro atoms.